The van der Waals surface area contributed by atoms with Crippen molar-refractivity contribution in [3.63, 3.8) is 0 Å². The second kappa shape index (κ2) is 2.40. The molecule has 0 aromatic rings. The summed E-state index contributed by atoms with van der Waals surface area (Å²) in [6, 6.07) is 0.308. The molecular weight excluding hydrogens is 146 g/mol. The molecule has 0 aromatic heterocycles. The second-order valence-corrected chi connectivity index (χ2v) is 4.22. The number of rotatable bonds is 0. The van der Waals surface area contributed by atoms with Gasteiger partial charge in [0.1, 0.15) is 0 Å². The van der Waals surface area contributed by atoms with E-state index in [0.717, 1.165) is 18.8 Å². The van der Waals surface area contributed by atoms with Gasteiger partial charge >= 0.3 is 0 Å². The molecule has 10 heavy (non-hydrogen) atoms. The highest BCUT2D eigenvalue weighted by Gasteiger charge is 2.44. The molecule has 0 aromatic carbocycles. The first-order valence-corrected chi connectivity index (χ1v) is 4.96. The summed E-state index contributed by atoms with van der Waals surface area (Å²) in [6.07, 6.45) is 2.22. The van der Waals surface area contributed by atoms with Gasteiger partial charge in [-0.3, -0.25) is 0 Å². The number of hydrogen-bond donors (Lipinski definition) is 1. The Bertz CT molecular complexity index is 128. The number of ether oxygens (including phenoxy) is 1. The van der Waals surface area contributed by atoms with E-state index in [1.807, 2.05) is 11.8 Å². The largest absolute Gasteiger partial charge is 0.372 e. The van der Waals surface area contributed by atoms with Crippen LogP contribution in [-0.2, 0) is 4.74 Å². The average Bonchev–Trinajstić information content (AvgIpc) is 2.48. The Morgan fingerprint density at radius 1 is 1.60 bits per heavy atom. The highest BCUT2D eigenvalue weighted by atomic mass is 32.2. The summed E-state index contributed by atoms with van der Waals surface area (Å²) in [6.45, 7) is 0.877. The monoisotopic (exact) mass is 159 g/mol. The summed E-state index contributed by atoms with van der Waals surface area (Å²) in [5.41, 5.74) is 6.02. The van der Waals surface area contributed by atoms with Crippen molar-refractivity contribution >= 4 is 11.8 Å². The van der Waals surface area contributed by atoms with Gasteiger partial charge in [0.25, 0.3) is 0 Å². The quantitative estimate of drug-likeness (QED) is 0.562. The molecule has 2 N–H and O–H groups in total. The highest BCUT2D eigenvalue weighted by molar-refractivity contribution is 7.99. The van der Waals surface area contributed by atoms with E-state index in [1.165, 1.54) is 12.2 Å². The van der Waals surface area contributed by atoms with Crippen molar-refractivity contribution in [3.05, 3.63) is 0 Å². The van der Waals surface area contributed by atoms with Crippen molar-refractivity contribution in [2.45, 2.75) is 24.5 Å². The molecule has 2 nitrogen and oxygen atoms in total. The van der Waals surface area contributed by atoms with Crippen LogP contribution in [0.25, 0.3) is 0 Å². The minimum atomic E-state index is 0.0880. The van der Waals surface area contributed by atoms with Crippen LogP contribution in [0.5, 0.6) is 0 Å². The second-order valence-electron chi connectivity index (χ2n) is 3.11. The fraction of sp³-hybridized carbons (Fsp3) is 1.00. The Balaban J connectivity index is 2.11. The van der Waals surface area contributed by atoms with E-state index in [9.17, 15) is 0 Å². The molecule has 2 fully saturated rings. The van der Waals surface area contributed by atoms with Gasteiger partial charge in [0.15, 0.2) is 0 Å². The maximum absolute atomic E-state index is 5.94. The summed E-state index contributed by atoms with van der Waals surface area (Å²) < 4.78 is 5.67. The first-order valence-electron chi connectivity index (χ1n) is 3.81. The van der Waals surface area contributed by atoms with Gasteiger partial charge in [-0.15, -0.1) is 0 Å². The van der Waals surface area contributed by atoms with Gasteiger partial charge in [-0.1, -0.05) is 0 Å². The van der Waals surface area contributed by atoms with E-state index in [4.69, 9.17) is 10.5 Å². The van der Waals surface area contributed by atoms with Gasteiger partial charge in [0.05, 0.1) is 5.60 Å². The Labute approximate surface area is 65.5 Å². The Morgan fingerprint density at radius 3 is 3.00 bits per heavy atom. The highest BCUT2D eigenvalue weighted by Crippen LogP contribution is 2.38. The average molecular weight is 159 g/mol. The third kappa shape index (κ3) is 0.881. The minimum Gasteiger partial charge on any atom is -0.372 e. The van der Waals surface area contributed by atoms with Crippen molar-refractivity contribution in [2.24, 2.45) is 5.73 Å². The fourth-order valence-corrected chi connectivity index (χ4v) is 3.15. The molecule has 2 aliphatic heterocycles. The summed E-state index contributed by atoms with van der Waals surface area (Å²) in [7, 11) is 0. The minimum absolute atomic E-state index is 0.0880. The van der Waals surface area contributed by atoms with Crippen LogP contribution in [0.15, 0.2) is 0 Å². The molecule has 1 spiro atoms. The smallest absolute Gasteiger partial charge is 0.0931 e. The molecule has 2 unspecified atom stereocenters. The summed E-state index contributed by atoms with van der Waals surface area (Å²) >= 11 is 1.97. The molecule has 0 amide bonds. The van der Waals surface area contributed by atoms with Gasteiger partial charge < -0.3 is 10.5 Å². The molecule has 58 valence electrons. The lowest BCUT2D eigenvalue weighted by Crippen LogP contribution is -2.44. The van der Waals surface area contributed by atoms with Gasteiger partial charge in [0.2, 0.25) is 0 Å². The normalized spacial score (nSPS) is 47.1. The summed E-state index contributed by atoms with van der Waals surface area (Å²) in [5.74, 6) is 2.35. The molecule has 2 saturated heterocycles. The Hall–Kier alpha value is 0.270. The Morgan fingerprint density at radius 2 is 2.50 bits per heavy atom. The lowest BCUT2D eigenvalue weighted by atomic mass is 9.95. The zero-order valence-corrected chi connectivity index (χ0v) is 6.82. The van der Waals surface area contributed by atoms with Crippen LogP contribution >= 0.6 is 11.8 Å². The lowest BCUT2D eigenvalue weighted by molar-refractivity contribution is 0.0187. The molecule has 2 atom stereocenters. The van der Waals surface area contributed by atoms with E-state index in [0.29, 0.717) is 6.04 Å². The zero-order chi connectivity index (χ0) is 7.03. The molecule has 0 saturated carbocycles. The van der Waals surface area contributed by atoms with E-state index in [2.05, 4.69) is 0 Å². The fourth-order valence-electron chi connectivity index (χ4n) is 1.73. The van der Waals surface area contributed by atoms with Gasteiger partial charge in [-0.05, 0) is 18.6 Å². The summed E-state index contributed by atoms with van der Waals surface area (Å²) in [4.78, 5) is 0. The predicted octanol–water partition coefficient (Wildman–Crippen LogP) is 0.610. The van der Waals surface area contributed by atoms with E-state index in [1.54, 1.807) is 0 Å². The van der Waals surface area contributed by atoms with E-state index < -0.39 is 0 Å². The van der Waals surface area contributed by atoms with Crippen molar-refractivity contribution in [2.75, 3.05) is 18.1 Å². The number of hydrogen-bond acceptors (Lipinski definition) is 3. The number of thioether (sulfide) groups is 1. The molecule has 2 rings (SSSR count). The molecule has 2 aliphatic rings. The molecule has 0 bridgehead atoms. The number of nitrogens with two attached hydrogens (primary N) is 1. The Kier molecular flexibility index (Phi) is 1.66. The van der Waals surface area contributed by atoms with Crippen LogP contribution in [0.1, 0.15) is 12.8 Å². The summed E-state index contributed by atoms with van der Waals surface area (Å²) in [5, 5.41) is 0. The van der Waals surface area contributed by atoms with Gasteiger partial charge in [0, 0.05) is 18.4 Å². The van der Waals surface area contributed by atoms with Crippen LogP contribution in [-0.4, -0.2) is 29.8 Å². The van der Waals surface area contributed by atoms with Crippen LogP contribution in [0.2, 0.25) is 0 Å². The lowest BCUT2D eigenvalue weighted by Gasteiger charge is -2.25. The van der Waals surface area contributed by atoms with Gasteiger partial charge in [-0.2, -0.15) is 11.8 Å². The first-order chi connectivity index (χ1) is 4.83. The standard InChI is InChI=1S/C7H13NOS/c8-6-1-3-9-7(6)2-4-10-5-7/h6H,1-5,8H2. The maximum atomic E-state index is 5.94. The first kappa shape index (κ1) is 6.95. The molecule has 2 heterocycles. The molecular formula is C7H13NOS. The van der Waals surface area contributed by atoms with Crippen LogP contribution in [0.4, 0.5) is 0 Å². The van der Waals surface area contributed by atoms with E-state index in [-0.39, 0.29) is 5.60 Å². The predicted molar refractivity (Wildman–Crippen MR) is 43.2 cm³/mol. The van der Waals surface area contributed by atoms with E-state index >= 15 is 0 Å². The van der Waals surface area contributed by atoms with Crippen LogP contribution in [0.3, 0.4) is 0 Å². The van der Waals surface area contributed by atoms with Crippen molar-refractivity contribution in [1.82, 2.24) is 0 Å². The molecule has 0 aliphatic carbocycles. The van der Waals surface area contributed by atoms with Crippen molar-refractivity contribution < 1.29 is 4.74 Å². The SMILES string of the molecule is NC1CCOC12CCSC2. The third-order valence-corrected chi connectivity index (χ3v) is 3.70. The van der Waals surface area contributed by atoms with Crippen LogP contribution < -0.4 is 5.73 Å². The molecule has 3 heteroatoms. The zero-order valence-electron chi connectivity index (χ0n) is 6.01. The van der Waals surface area contributed by atoms with Gasteiger partial charge in [-0.25, -0.2) is 0 Å². The van der Waals surface area contributed by atoms with Crippen molar-refractivity contribution in [1.29, 1.82) is 0 Å². The van der Waals surface area contributed by atoms with Crippen molar-refractivity contribution in [3.8, 4) is 0 Å². The van der Waals surface area contributed by atoms with Crippen LogP contribution in [0, 0.1) is 0 Å². The third-order valence-electron chi connectivity index (χ3n) is 2.51. The topological polar surface area (TPSA) is 35.2 Å². The molecule has 0 radical (unpaired) electrons. The maximum Gasteiger partial charge on any atom is 0.0931 e.